The summed E-state index contributed by atoms with van der Waals surface area (Å²) in [5.74, 6) is -0.350. The molecule has 0 bridgehead atoms. The highest BCUT2D eigenvalue weighted by Crippen LogP contribution is 2.24. The van der Waals surface area contributed by atoms with E-state index in [-0.39, 0.29) is 23.2 Å². The van der Waals surface area contributed by atoms with E-state index >= 15 is 0 Å². The van der Waals surface area contributed by atoms with Gasteiger partial charge in [-0.05, 0) is 62.1 Å². The second-order valence-electron chi connectivity index (χ2n) is 6.97. The van der Waals surface area contributed by atoms with Crippen molar-refractivity contribution in [1.82, 2.24) is 4.31 Å². The highest BCUT2D eigenvalue weighted by molar-refractivity contribution is 7.89. The molecular weight excluding hydrogens is 398 g/mol. The predicted octanol–water partition coefficient (Wildman–Crippen LogP) is 3.73. The van der Waals surface area contributed by atoms with Crippen molar-refractivity contribution in [1.29, 1.82) is 0 Å². The Bertz CT molecular complexity index is 971. The fraction of sp³-hybridized carbons (Fsp3) is 0.350. The second-order valence-corrected chi connectivity index (χ2v) is 8.91. The van der Waals surface area contributed by atoms with Gasteiger partial charge in [-0.1, -0.05) is 18.6 Å². The summed E-state index contributed by atoms with van der Waals surface area (Å²) >= 11 is 0. The molecule has 1 fully saturated rings. The van der Waals surface area contributed by atoms with E-state index in [4.69, 9.17) is 5.73 Å². The summed E-state index contributed by atoms with van der Waals surface area (Å²) in [6, 6.07) is 10.0. The van der Waals surface area contributed by atoms with Crippen molar-refractivity contribution in [2.24, 2.45) is 0 Å². The average Bonchev–Trinajstić information content (AvgIpc) is 2.65. The number of benzene rings is 2. The highest BCUT2D eigenvalue weighted by Gasteiger charge is 2.27. The molecule has 0 aliphatic carbocycles. The van der Waals surface area contributed by atoms with Crippen LogP contribution in [0.15, 0.2) is 41.3 Å². The summed E-state index contributed by atoms with van der Waals surface area (Å²) < 4.78 is 27.3. The molecule has 152 valence electrons. The maximum atomic E-state index is 12.9. The number of aryl methyl sites for hydroxylation is 2. The van der Waals surface area contributed by atoms with Crippen LogP contribution >= 0.6 is 12.4 Å². The molecule has 0 atom stereocenters. The molecule has 6 nitrogen and oxygen atoms in total. The van der Waals surface area contributed by atoms with E-state index in [0.29, 0.717) is 35.6 Å². The van der Waals surface area contributed by atoms with Crippen molar-refractivity contribution < 1.29 is 13.2 Å². The first-order valence-electron chi connectivity index (χ1n) is 9.07. The maximum Gasteiger partial charge on any atom is 0.255 e. The molecule has 28 heavy (non-hydrogen) atoms. The van der Waals surface area contributed by atoms with E-state index in [1.54, 1.807) is 31.2 Å². The predicted molar refractivity (Wildman–Crippen MR) is 115 cm³/mol. The standard InChI is InChI=1S/C20H25N3O3S.ClH/c1-14-7-9-17(27(25,26)23-10-4-3-5-11-23)13-18(14)20(24)22-19-12-16(21)8-6-15(19)2;/h6-9,12-13H,3-5,10-11,21H2,1-2H3,(H,22,24);1H. The van der Waals surface area contributed by atoms with E-state index in [1.165, 1.54) is 10.4 Å². The zero-order chi connectivity index (χ0) is 19.6. The van der Waals surface area contributed by atoms with Crippen molar-refractivity contribution in [2.45, 2.75) is 38.0 Å². The summed E-state index contributed by atoms with van der Waals surface area (Å²) in [7, 11) is -3.59. The molecular formula is C20H26ClN3O3S. The van der Waals surface area contributed by atoms with Gasteiger partial charge >= 0.3 is 0 Å². The molecule has 0 unspecified atom stereocenters. The van der Waals surface area contributed by atoms with Crippen LogP contribution in [0, 0.1) is 13.8 Å². The topological polar surface area (TPSA) is 92.5 Å². The van der Waals surface area contributed by atoms with Crippen LogP contribution in [-0.4, -0.2) is 31.7 Å². The number of nitrogens with one attached hydrogen (secondary N) is 1. The van der Waals surface area contributed by atoms with Crippen LogP contribution in [0.3, 0.4) is 0 Å². The fourth-order valence-electron chi connectivity index (χ4n) is 3.22. The minimum atomic E-state index is -3.59. The van der Waals surface area contributed by atoms with Crippen LogP contribution in [0.1, 0.15) is 40.7 Å². The quantitative estimate of drug-likeness (QED) is 0.732. The van der Waals surface area contributed by atoms with Crippen LogP contribution in [0.2, 0.25) is 0 Å². The largest absolute Gasteiger partial charge is 0.399 e. The van der Waals surface area contributed by atoms with Gasteiger partial charge in [-0.15, -0.1) is 12.4 Å². The number of halogens is 1. The molecule has 0 saturated carbocycles. The zero-order valence-corrected chi connectivity index (χ0v) is 17.7. The molecule has 0 aromatic heterocycles. The number of sulfonamides is 1. The van der Waals surface area contributed by atoms with Crippen LogP contribution in [0.5, 0.6) is 0 Å². The molecule has 2 aromatic carbocycles. The summed E-state index contributed by atoms with van der Waals surface area (Å²) in [5, 5.41) is 2.84. The number of nitrogen functional groups attached to an aromatic ring is 1. The third-order valence-electron chi connectivity index (χ3n) is 4.92. The van der Waals surface area contributed by atoms with Crippen LogP contribution in [0.4, 0.5) is 11.4 Å². The summed E-state index contributed by atoms with van der Waals surface area (Å²) in [5.41, 5.74) is 8.90. The summed E-state index contributed by atoms with van der Waals surface area (Å²) in [4.78, 5) is 13.0. The lowest BCUT2D eigenvalue weighted by molar-refractivity contribution is 0.102. The minimum absolute atomic E-state index is 0. The van der Waals surface area contributed by atoms with Gasteiger partial charge in [0, 0.05) is 30.0 Å². The third kappa shape index (κ3) is 4.66. The van der Waals surface area contributed by atoms with Gasteiger partial charge in [-0.3, -0.25) is 4.79 Å². The van der Waals surface area contributed by atoms with Gasteiger partial charge in [0.25, 0.3) is 5.91 Å². The smallest absolute Gasteiger partial charge is 0.255 e. The van der Waals surface area contributed by atoms with E-state index in [9.17, 15) is 13.2 Å². The Morgan fingerprint density at radius 3 is 2.32 bits per heavy atom. The van der Waals surface area contributed by atoms with Gasteiger partial charge in [-0.25, -0.2) is 8.42 Å². The number of piperidine rings is 1. The lowest BCUT2D eigenvalue weighted by atomic mass is 10.1. The Morgan fingerprint density at radius 2 is 1.64 bits per heavy atom. The Balaban J connectivity index is 0.00000280. The molecule has 1 aliphatic heterocycles. The van der Waals surface area contributed by atoms with E-state index in [1.807, 2.05) is 13.0 Å². The number of hydrogen-bond acceptors (Lipinski definition) is 4. The SMILES string of the molecule is Cc1ccc(N)cc1NC(=O)c1cc(S(=O)(=O)N2CCCCC2)ccc1C.Cl. The monoisotopic (exact) mass is 423 g/mol. The molecule has 3 N–H and O–H groups in total. The number of nitrogens with two attached hydrogens (primary N) is 1. The van der Waals surface area contributed by atoms with Crippen LogP contribution < -0.4 is 11.1 Å². The highest BCUT2D eigenvalue weighted by atomic mass is 35.5. The van der Waals surface area contributed by atoms with Gasteiger partial charge < -0.3 is 11.1 Å². The zero-order valence-electron chi connectivity index (χ0n) is 16.1. The van der Waals surface area contributed by atoms with Crippen molar-refractivity contribution in [2.75, 3.05) is 24.1 Å². The molecule has 1 amide bonds. The molecule has 1 saturated heterocycles. The molecule has 8 heteroatoms. The molecule has 3 rings (SSSR count). The van der Waals surface area contributed by atoms with Gasteiger partial charge in [0.15, 0.2) is 0 Å². The fourth-order valence-corrected chi connectivity index (χ4v) is 4.77. The lowest BCUT2D eigenvalue weighted by Gasteiger charge is -2.26. The molecule has 0 spiro atoms. The Kier molecular flexibility index (Phi) is 7.09. The lowest BCUT2D eigenvalue weighted by Crippen LogP contribution is -2.35. The Labute approximate surface area is 172 Å². The van der Waals surface area contributed by atoms with Gasteiger partial charge in [0.2, 0.25) is 10.0 Å². The summed E-state index contributed by atoms with van der Waals surface area (Å²) in [6.45, 7) is 4.72. The van der Waals surface area contributed by atoms with Crippen molar-refractivity contribution in [3.05, 3.63) is 53.1 Å². The number of hydrogen-bond donors (Lipinski definition) is 2. The first kappa shape index (κ1) is 22.2. The van der Waals surface area contributed by atoms with E-state index in [0.717, 1.165) is 24.8 Å². The first-order chi connectivity index (χ1) is 12.8. The van der Waals surface area contributed by atoms with Crippen LogP contribution in [0.25, 0.3) is 0 Å². The molecule has 0 radical (unpaired) electrons. The number of carbonyl (C=O) groups excluding carboxylic acids is 1. The first-order valence-corrected chi connectivity index (χ1v) is 10.5. The van der Waals surface area contributed by atoms with E-state index < -0.39 is 10.0 Å². The third-order valence-corrected chi connectivity index (χ3v) is 6.81. The Hall–Kier alpha value is -2.09. The van der Waals surface area contributed by atoms with Gasteiger partial charge in [-0.2, -0.15) is 4.31 Å². The normalized spacial score (nSPS) is 14.9. The van der Waals surface area contributed by atoms with E-state index in [2.05, 4.69) is 5.32 Å². The number of nitrogens with zero attached hydrogens (tertiary/aromatic N) is 1. The summed E-state index contributed by atoms with van der Waals surface area (Å²) in [6.07, 6.45) is 2.79. The molecule has 1 aliphatic rings. The molecule has 2 aromatic rings. The number of amides is 1. The second kappa shape index (κ2) is 8.94. The average molecular weight is 424 g/mol. The van der Waals surface area contributed by atoms with Crippen LogP contribution in [-0.2, 0) is 10.0 Å². The van der Waals surface area contributed by atoms with Crippen molar-refractivity contribution >= 4 is 39.7 Å². The number of carbonyl (C=O) groups is 1. The van der Waals surface area contributed by atoms with Gasteiger partial charge in [0.05, 0.1) is 4.90 Å². The van der Waals surface area contributed by atoms with Crippen molar-refractivity contribution in [3.8, 4) is 0 Å². The number of anilines is 2. The van der Waals surface area contributed by atoms with Crippen molar-refractivity contribution in [3.63, 3.8) is 0 Å². The molecule has 1 heterocycles. The maximum absolute atomic E-state index is 12.9. The number of rotatable bonds is 4. The minimum Gasteiger partial charge on any atom is -0.399 e. The van der Waals surface area contributed by atoms with Gasteiger partial charge in [0.1, 0.15) is 0 Å². The Morgan fingerprint density at radius 1 is 1.00 bits per heavy atom.